The van der Waals surface area contributed by atoms with Gasteiger partial charge in [0.15, 0.2) is 0 Å². The molecule has 9 heteroatoms. The van der Waals surface area contributed by atoms with Crippen molar-refractivity contribution >= 4 is 70.0 Å². The summed E-state index contributed by atoms with van der Waals surface area (Å²) in [5.74, 6) is 0.464. The number of hydrogen-bond donors (Lipinski definition) is 1. The van der Waals surface area contributed by atoms with E-state index >= 15 is 0 Å². The van der Waals surface area contributed by atoms with Crippen molar-refractivity contribution in [3.63, 3.8) is 0 Å². The quantitative estimate of drug-likeness (QED) is 0.361. The summed E-state index contributed by atoms with van der Waals surface area (Å²) in [6.45, 7) is 5.88. The number of nitrogens with one attached hydrogen (secondary N) is 1. The fourth-order valence-electron chi connectivity index (χ4n) is 3.10. The van der Waals surface area contributed by atoms with Gasteiger partial charge in [-0.3, -0.25) is 9.59 Å². The molecular weight excluding hydrogens is 510 g/mol. The van der Waals surface area contributed by atoms with Gasteiger partial charge in [0, 0.05) is 28.4 Å². The maximum atomic E-state index is 13.2. The van der Waals surface area contributed by atoms with E-state index in [0.29, 0.717) is 32.3 Å². The van der Waals surface area contributed by atoms with Gasteiger partial charge in [-0.1, -0.05) is 65.5 Å². The lowest BCUT2D eigenvalue weighted by Gasteiger charge is -2.31. The number of carbonyl (C=O) groups excluding carboxylic acids is 2. The van der Waals surface area contributed by atoms with E-state index in [-0.39, 0.29) is 30.2 Å². The molecule has 2 aromatic rings. The second-order valence-electron chi connectivity index (χ2n) is 7.59. The lowest BCUT2D eigenvalue weighted by atomic mass is 10.1. The van der Waals surface area contributed by atoms with E-state index in [2.05, 4.69) is 5.32 Å². The van der Waals surface area contributed by atoms with Gasteiger partial charge in [0.1, 0.15) is 6.04 Å². The molecule has 2 amide bonds. The summed E-state index contributed by atoms with van der Waals surface area (Å²) >= 11 is 25.9. The molecule has 0 saturated heterocycles. The monoisotopic (exact) mass is 534 g/mol. The predicted octanol–water partition coefficient (Wildman–Crippen LogP) is 6.87. The molecule has 0 spiro atoms. The van der Waals surface area contributed by atoms with Crippen LogP contribution in [0.25, 0.3) is 0 Å². The Morgan fingerprint density at radius 3 is 2.31 bits per heavy atom. The van der Waals surface area contributed by atoms with Crippen LogP contribution >= 0.6 is 58.2 Å². The van der Waals surface area contributed by atoms with Crippen LogP contribution in [0.2, 0.25) is 20.1 Å². The zero-order valence-corrected chi connectivity index (χ0v) is 22.0. The Kier molecular flexibility index (Phi) is 11.0. The first-order chi connectivity index (χ1) is 15.1. The molecule has 1 atom stereocenters. The van der Waals surface area contributed by atoms with Crippen molar-refractivity contribution in [2.24, 2.45) is 0 Å². The van der Waals surface area contributed by atoms with Crippen molar-refractivity contribution in [1.82, 2.24) is 10.2 Å². The molecule has 0 saturated carbocycles. The van der Waals surface area contributed by atoms with E-state index in [1.54, 1.807) is 35.2 Å². The number of hydrogen-bond acceptors (Lipinski definition) is 3. The Morgan fingerprint density at radius 1 is 1.00 bits per heavy atom. The number of nitrogens with zero attached hydrogens (tertiary/aromatic N) is 1. The van der Waals surface area contributed by atoms with Crippen LogP contribution in [0.4, 0.5) is 0 Å². The van der Waals surface area contributed by atoms with Gasteiger partial charge in [-0.05, 0) is 55.7 Å². The largest absolute Gasteiger partial charge is 0.352 e. The van der Waals surface area contributed by atoms with Gasteiger partial charge in [-0.2, -0.15) is 0 Å². The molecule has 0 aliphatic carbocycles. The van der Waals surface area contributed by atoms with Crippen molar-refractivity contribution in [3.8, 4) is 0 Å². The van der Waals surface area contributed by atoms with Crippen LogP contribution < -0.4 is 5.32 Å². The molecular formula is C23H26Cl4N2O2S. The summed E-state index contributed by atoms with van der Waals surface area (Å²) in [6.07, 6.45) is 0.479. The van der Waals surface area contributed by atoms with Crippen LogP contribution in [0.15, 0.2) is 36.4 Å². The summed E-state index contributed by atoms with van der Waals surface area (Å²) in [4.78, 5) is 27.7. The molecule has 174 valence electrons. The summed E-state index contributed by atoms with van der Waals surface area (Å²) in [6, 6.07) is 9.90. The molecule has 1 N–H and O–H groups in total. The van der Waals surface area contributed by atoms with E-state index in [1.807, 2.05) is 26.8 Å². The number of rotatable bonds is 10. The number of benzene rings is 2. The average molecular weight is 536 g/mol. The van der Waals surface area contributed by atoms with Crippen molar-refractivity contribution in [2.45, 2.75) is 51.6 Å². The second-order valence-corrected chi connectivity index (χ2v) is 10.2. The van der Waals surface area contributed by atoms with E-state index in [0.717, 1.165) is 11.1 Å². The van der Waals surface area contributed by atoms with Crippen molar-refractivity contribution in [2.75, 3.05) is 5.75 Å². The molecule has 0 aliphatic rings. The van der Waals surface area contributed by atoms with Gasteiger partial charge in [0.05, 0.1) is 15.8 Å². The maximum absolute atomic E-state index is 13.2. The number of thioether (sulfide) groups is 1. The lowest BCUT2D eigenvalue weighted by Crippen LogP contribution is -2.51. The van der Waals surface area contributed by atoms with E-state index in [1.165, 1.54) is 11.8 Å². The fourth-order valence-corrected chi connectivity index (χ4v) is 4.75. The van der Waals surface area contributed by atoms with Crippen LogP contribution in [0.5, 0.6) is 0 Å². The third-order valence-corrected chi connectivity index (χ3v) is 6.97. The Labute approximate surface area is 213 Å². The Morgan fingerprint density at radius 2 is 1.72 bits per heavy atom. The van der Waals surface area contributed by atoms with Gasteiger partial charge >= 0.3 is 0 Å². The maximum Gasteiger partial charge on any atom is 0.243 e. The molecule has 0 aromatic heterocycles. The van der Waals surface area contributed by atoms with E-state index < -0.39 is 6.04 Å². The molecule has 0 aliphatic heterocycles. The first-order valence-corrected chi connectivity index (χ1v) is 12.8. The van der Waals surface area contributed by atoms with Crippen LogP contribution in [-0.2, 0) is 21.9 Å². The molecule has 0 radical (unpaired) electrons. The minimum absolute atomic E-state index is 0.0309. The van der Waals surface area contributed by atoms with Crippen LogP contribution in [0, 0.1) is 0 Å². The summed E-state index contributed by atoms with van der Waals surface area (Å²) in [5.41, 5.74) is 1.70. The molecule has 0 bridgehead atoms. The minimum atomic E-state index is -0.609. The molecule has 4 nitrogen and oxygen atoms in total. The summed E-state index contributed by atoms with van der Waals surface area (Å²) in [5, 5.41) is 4.85. The van der Waals surface area contributed by atoms with Gasteiger partial charge in [-0.15, -0.1) is 11.8 Å². The van der Waals surface area contributed by atoms with Gasteiger partial charge < -0.3 is 10.2 Å². The zero-order valence-electron chi connectivity index (χ0n) is 18.1. The van der Waals surface area contributed by atoms with E-state index in [9.17, 15) is 9.59 Å². The second kappa shape index (κ2) is 13.0. The third-order valence-electron chi connectivity index (χ3n) is 4.65. The Bertz CT molecular complexity index is 956. The topological polar surface area (TPSA) is 49.4 Å². The Hall–Kier alpha value is -1.11. The number of halogens is 4. The highest BCUT2D eigenvalue weighted by molar-refractivity contribution is 7.99. The lowest BCUT2D eigenvalue weighted by molar-refractivity contribution is -0.139. The van der Waals surface area contributed by atoms with Crippen LogP contribution in [0.1, 0.15) is 38.3 Å². The first kappa shape index (κ1) is 27.1. The van der Waals surface area contributed by atoms with Gasteiger partial charge in [-0.25, -0.2) is 0 Å². The molecule has 32 heavy (non-hydrogen) atoms. The normalized spacial score (nSPS) is 12.0. The highest BCUT2D eigenvalue weighted by Gasteiger charge is 2.29. The molecule has 0 fully saturated rings. The smallest absolute Gasteiger partial charge is 0.243 e. The fraction of sp³-hybridized carbons (Fsp3) is 0.391. The standard InChI is InChI=1S/C23H26Cl4N2O2S/c1-4-21(23(31)28-14(2)3)29(11-16-6-7-17(24)10-19(16)26)22(30)13-32-12-15-5-8-18(25)20(27)9-15/h5-10,14,21H,4,11-13H2,1-3H3,(H,28,31). The first-order valence-electron chi connectivity index (χ1n) is 10.2. The van der Waals surface area contributed by atoms with Gasteiger partial charge in [0.25, 0.3) is 0 Å². The summed E-state index contributed by atoms with van der Waals surface area (Å²) in [7, 11) is 0. The zero-order chi connectivity index (χ0) is 23.8. The highest BCUT2D eigenvalue weighted by atomic mass is 35.5. The molecule has 0 heterocycles. The van der Waals surface area contributed by atoms with E-state index in [4.69, 9.17) is 46.4 Å². The van der Waals surface area contributed by atoms with Gasteiger partial charge in [0.2, 0.25) is 11.8 Å². The minimum Gasteiger partial charge on any atom is -0.352 e. The van der Waals surface area contributed by atoms with Crippen molar-refractivity contribution < 1.29 is 9.59 Å². The SMILES string of the molecule is CCC(C(=O)NC(C)C)N(Cc1ccc(Cl)cc1Cl)C(=O)CSCc1ccc(Cl)c(Cl)c1. The van der Waals surface area contributed by atoms with Crippen LogP contribution in [0.3, 0.4) is 0 Å². The molecule has 2 rings (SSSR count). The molecule has 2 aromatic carbocycles. The number of amides is 2. The average Bonchev–Trinajstić information content (AvgIpc) is 2.71. The Balaban J connectivity index is 2.18. The number of carbonyl (C=O) groups is 2. The summed E-state index contributed by atoms with van der Waals surface area (Å²) < 4.78 is 0. The van der Waals surface area contributed by atoms with Crippen molar-refractivity contribution in [1.29, 1.82) is 0 Å². The van der Waals surface area contributed by atoms with Crippen molar-refractivity contribution in [3.05, 3.63) is 67.6 Å². The predicted molar refractivity (Wildman–Crippen MR) is 137 cm³/mol. The highest BCUT2D eigenvalue weighted by Crippen LogP contribution is 2.26. The van der Waals surface area contributed by atoms with Crippen LogP contribution in [-0.4, -0.2) is 34.6 Å². The third kappa shape index (κ3) is 8.03. The molecule has 1 unspecified atom stereocenters.